The second kappa shape index (κ2) is 9.93. The average molecular weight is 493 g/mol. The first kappa shape index (κ1) is 24.5. The summed E-state index contributed by atoms with van der Waals surface area (Å²) < 4.78 is 2.25. The van der Waals surface area contributed by atoms with E-state index in [9.17, 15) is 14.7 Å². The maximum absolute atomic E-state index is 13.2. The first-order valence-electron chi connectivity index (χ1n) is 11.2. The average Bonchev–Trinajstić information content (AvgIpc) is 3.38. The molecule has 1 aromatic carbocycles. The van der Waals surface area contributed by atoms with Crippen molar-refractivity contribution in [3.63, 3.8) is 0 Å². The second-order valence-corrected chi connectivity index (χ2v) is 10.3. The molecule has 9 nitrogen and oxygen atoms in total. The Labute approximate surface area is 207 Å². The van der Waals surface area contributed by atoms with E-state index in [-0.39, 0.29) is 18.2 Å². The summed E-state index contributed by atoms with van der Waals surface area (Å²) in [6.07, 6.45) is 3.80. The minimum atomic E-state index is -0.504. The van der Waals surface area contributed by atoms with Gasteiger partial charge in [0.1, 0.15) is 4.70 Å². The largest absolute Gasteiger partial charge is 0.394 e. The Bertz CT molecular complexity index is 1340. The van der Waals surface area contributed by atoms with Crippen LogP contribution >= 0.6 is 11.3 Å². The highest BCUT2D eigenvalue weighted by atomic mass is 32.1. The summed E-state index contributed by atoms with van der Waals surface area (Å²) in [6, 6.07) is 10.4. The van der Waals surface area contributed by atoms with Crippen LogP contribution in [-0.4, -0.2) is 49.3 Å². The van der Waals surface area contributed by atoms with Crippen molar-refractivity contribution in [2.75, 3.05) is 11.9 Å². The van der Waals surface area contributed by atoms with Crippen molar-refractivity contribution in [3.8, 4) is 0 Å². The van der Waals surface area contributed by atoms with Crippen LogP contribution in [0.3, 0.4) is 0 Å². The minimum absolute atomic E-state index is 0.202. The molecular weight excluding hydrogens is 464 g/mol. The first-order chi connectivity index (χ1) is 16.7. The van der Waals surface area contributed by atoms with Crippen molar-refractivity contribution in [1.82, 2.24) is 25.1 Å². The summed E-state index contributed by atoms with van der Waals surface area (Å²) in [6.45, 7) is 7.61. The van der Waals surface area contributed by atoms with Crippen LogP contribution in [0, 0.1) is 6.92 Å². The quantitative estimate of drug-likeness (QED) is 0.363. The molecule has 0 bridgehead atoms. The van der Waals surface area contributed by atoms with Crippen LogP contribution in [0.15, 0.2) is 48.8 Å². The molecule has 4 rings (SSSR count). The Kier molecular flexibility index (Phi) is 6.95. The van der Waals surface area contributed by atoms with E-state index in [0.717, 1.165) is 11.1 Å². The molecule has 182 valence electrons. The van der Waals surface area contributed by atoms with Gasteiger partial charge in [-0.2, -0.15) is 10.1 Å². The van der Waals surface area contributed by atoms with Gasteiger partial charge in [-0.1, -0.05) is 35.1 Å². The van der Waals surface area contributed by atoms with Crippen molar-refractivity contribution < 1.29 is 14.7 Å². The highest BCUT2D eigenvalue weighted by Crippen LogP contribution is 2.32. The van der Waals surface area contributed by atoms with E-state index >= 15 is 0 Å². The standard InChI is InChI=1S/C25H28N6O3S/c1-15-7-9-17(10-8-15)22(33)29-24-28-21-20(35-24)19(30-31(21)25(2,3)4)23(34)27-18(14-32)12-16-6-5-11-26-13-16/h5-11,13,18,32H,12,14H2,1-4H3,(H,27,34)(H,28,29,33). The van der Waals surface area contributed by atoms with E-state index in [4.69, 9.17) is 0 Å². The third-order valence-electron chi connectivity index (χ3n) is 5.37. The van der Waals surface area contributed by atoms with Crippen LogP contribution in [0.1, 0.15) is 52.7 Å². The molecule has 1 unspecified atom stereocenters. The van der Waals surface area contributed by atoms with Crippen molar-refractivity contribution in [2.45, 2.75) is 45.7 Å². The summed E-state index contributed by atoms with van der Waals surface area (Å²) in [5.74, 6) is -0.694. The number of thiazole rings is 1. The van der Waals surface area contributed by atoms with Gasteiger partial charge in [0.15, 0.2) is 16.5 Å². The molecule has 0 aliphatic heterocycles. The molecule has 0 aliphatic carbocycles. The summed E-state index contributed by atoms with van der Waals surface area (Å²) in [5.41, 5.74) is 2.75. The summed E-state index contributed by atoms with van der Waals surface area (Å²) in [7, 11) is 0. The maximum Gasteiger partial charge on any atom is 0.273 e. The lowest BCUT2D eigenvalue weighted by atomic mass is 10.1. The third-order valence-corrected chi connectivity index (χ3v) is 6.34. The Morgan fingerprint density at radius 1 is 1.14 bits per heavy atom. The second-order valence-electron chi connectivity index (χ2n) is 9.34. The van der Waals surface area contributed by atoms with Crippen molar-refractivity contribution in [1.29, 1.82) is 0 Å². The van der Waals surface area contributed by atoms with Gasteiger partial charge in [-0.05, 0) is 57.9 Å². The van der Waals surface area contributed by atoms with Crippen LogP contribution < -0.4 is 10.6 Å². The van der Waals surface area contributed by atoms with E-state index in [0.29, 0.717) is 27.5 Å². The number of carbonyl (C=O) groups excluding carboxylic acids is 2. The van der Waals surface area contributed by atoms with Gasteiger partial charge in [-0.15, -0.1) is 0 Å². The number of hydrogen-bond donors (Lipinski definition) is 3. The fourth-order valence-electron chi connectivity index (χ4n) is 3.56. The van der Waals surface area contributed by atoms with Gasteiger partial charge >= 0.3 is 0 Å². The molecule has 3 N–H and O–H groups in total. The third kappa shape index (κ3) is 5.55. The maximum atomic E-state index is 13.2. The molecule has 0 aliphatic rings. The molecule has 3 heterocycles. The topological polar surface area (TPSA) is 122 Å². The minimum Gasteiger partial charge on any atom is -0.394 e. The highest BCUT2D eigenvalue weighted by molar-refractivity contribution is 7.22. The lowest BCUT2D eigenvalue weighted by Gasteiger charge is -2.19. The molecule has 3 aromatic heterocycles. The predicted octanol–water partition coefficient (Wildman–Crippen LogP) is 3.54. The van der Waals surface area contributed by atoms with Crippen molar-refractivity contribution in [2.24, 2.45) is 0 Å². The highest BCUT2D eigenvalue weighted by Gasteiger charge is 2.28. The number of nitrogens with zero attached hydrogens (tertiary/aromatic N) is 4. The molecule has 0 spiro atoms. The molecule has 1 atom stereocenters. The molecule has 2 amide bonds. The lowest BCUT2D eigenvalue weighted by molar-refractivity contribution is 0.0911. The lowest BCUT2D eigenvalue weighted by Crippen LogP contribution is -2.39. The summed E-state index contributed by atoms with van der Waals surface area (Å²) >= 11 is 1.19. The number of pyridine rings is 1. The smallest absolute Gasteiger partial charge is 0.273 e. The molecular formula is C25H28N6O3S. The fourth-order valence-corrected chi connectivity index (χ4v) is 4.49. The van der Waals surface area contributed by atoms with Gasteiger partial charge in [0.2, 0.25) is 0 Å². The number of hydrogen-bond acceptors (Lipinski definition) is 7. The number of amides is 2. The molecule has 0 saturated carbocycles. The number of benzene rings is 1. The molecule has 10 heteroatoms. The molecule has 35 heavy (non-hydrogen) atoms. The van der Waals surface area contributed by atoms with Gasteiger partial charge in [0.05, 0.1) is 18.2 Å². The molecule has 4 aromatic rings. The fraction of sp³-hybridized carbons (Fsp3) is 0.320. The zero-order valence-electron chi connectivity index (χ0n) is 20.1. The van der Waals surface area contributed by atoms with Gasteiger partial charge in [0.25, 0.3) is 11.8 Å². The number of rotatable bonds is 7. The van der Waals surface area contributed by atoms with Crippen LogP contribution in [0.4, 0.5) is 5.13 Å². The van der Waals surface area contributed by atoms with E-state index in [1.165, 1.54) is 11.3 Å². The molecule has 0 saturated heterocycles. The number of aromatic nitrogens is 4. The zero-order valence-corrected chi connectivity index (χ0v) is 20.9. The van der Waals surface area contributed by atoms with Crippen molar-refractivity contribution in [3.05, 3.63) is 71.2 Å². The predicted molar refractivity (Wildman–Crippen MR) is 136 cm³/mol. The summed E-state index contributed by atoms with van der Waals surface area (Å²) in [4.78, 5) is 34.6. The van der Waals surface area contributed by atoms with Gasteiger partial charge in [0, 0.05) is 18.0 Å². The Balaban J connectivity index is 1.61. The Morgan fingerprint density at radius 3 is 2.51 bits per heavy atom. The van der Waals surface area contributed by atoms with Crippen molar-refractivity contribution >= 4 is 38.6 Å². The SMILES string of the molecule is Cc1ccc(C(=O)Nc2nc3c(s2)c(C(=O)NC(CO)Cc2cccnc2)nn3C(C)(C)C)cc1. The monoisotopic (exact) mass is 492 g/mol. The zero-order chi connectivity index (χ0) is 25.2. The van der Waals surface area contributed by atoms with Crippen LogP contribution in [0.25, 0.3) is 10.3 Å². The number of aliphatic hydroxyl groups excluding tert-OH is 1. The number of nitrogens with one attached hydrogen (secondary N) is 2. The van der Waals surface area contributed by atoms with E-state index in [1.807, 2.05) is 52.0 Å². The normalized spacial score (nSPS) is 12.5. The summed E-state index contributed by atoms with van der Waals surface area (Å²) in [5, 5.41) is 20.5. The van der Waals surface area contributed by atoms with E-state index in [1.54, 1.807) is 29.2 Å². The Morgan fingerprint density at radius 2 is 1.89 bits per heavy atom. The molecule has 0 radical (unpaired) electrons. The van der Waals surface area contributed by atoms with Crippen LogP contribution in [0.2, 0.25) is 0 Å². The van der Waals surface area contributed by atoms with Crippen LogP contribution in [0.5, 0.6) is 0 Å². The number of fused-ring (bicyclic) bond motifs is 1. The van der Waals surface area contributed by atoms with Gasteiger partial charge in [-0.25, -0.2) is 4.68 Å². The number of anilines is 1. The number of aryl methyl sites for hydroxylation is 1. The van der Waals surface area contributed by atoms with E-state index < -0.39 is 17.5 Å². The number of aliphatic hydroxyl groups is 1. The van der Waals surface area contributed by atoms with Gasteiger partial charge in [-0.3, -0.25) is 19.9 Å². The van der Waals surface area contributed by atoms with Gasteiger partial charge < -0.3 is 10.4 Å². The Hall–Kier alpha value is -3.63. The number of carbonyl (C=O) groups is 2. The van der Waals surface area contributed by atoms with Crippen LogP contribution in [-0.2, 0) is 12.0 Å². The molecule has 0 fully saturated rings. The first-order valence-corrected chi connectivity index (χ1v) is 12.1. The van der Waals surface area contributed by atoms with E-state index in [2.05, 4.69) is 25.7 Å².